The molecule has 1 atom stereocenters. The number of hydrogen-bond donors (Lipinski definition) is 1. The van der Waals surface area contributed by atoms with Crippen molar-refractivity contribution in [3.8, 4) is 5.75 Å². The first-order chi connectivity index (χ1) is 11.0. The van der Waals surface area contributed by atoms with Gasteiger partial charge in [-0.1, -0.05) is 17.7 Å². The Bertz CT molecular complexity index is 589. The maximum atomic E-state index is 12.9. The molecule has 0 aliphatic heterocycles. The molecule has 0 spiro atoms. The highest BCUT2D eigenvalue weighted by Crippen LogP contribution is 2.30. The minimum absolute atomic E-state index is 0.244. The van der Waals surface area contributed by atoms with Crippen LogP contribution in [0.15, 0.2) is 29.8 Å². The number of benzene rings is 1. The molecule has 0 aliphatic carbocycles. The molecule has 0 saturated heterocycles. The number of carbonyl (C=O) groups excluding carboxylic acids is 2. The number of methoxy groups -OCH3 is 1. The number of nitrogens with one attached hydrogen (secondary N) is 1. The molecule has 0 heterocycles. The van der Waals surface area contributed by atoms with Crippen LogP contribution in [0, 0.1) is 5.92 Å². The molecule has 0 radical (unpaired) electrons. The second-order valence-corrected chi connectivity index (χ2v) is 5.32. The normalized spacial score (nSPS) is 11.3. The van der Waals surface area contributed by atoms with E-state index in [2.05, 4.69) is 5.32 Å². The van der Waals surface area contributed by atoms with Gasteiger partial charge in [-0.25, -0.2) is 0 Å². The van der Waals surface area contributed by atoms with E-state index in [0.717, 1.165) is 5.57 Å². The first-order valence-electron chi connectivity index (χ1n) is 7.65. The van der Waals surface area contributed by atoms with E-state index in [9.17, 15) is 9.59 Å². The number of Topliss-reactive ketones (excluding diaryl/α,β-unsaturated/α-hetero) is 1. The topological polar surface area (TPSA) is 64.6 Å². The van der Waals surface area contributed by atoms with Crippen molar-refractivity contribution < 1.29 is 19.1 Å². The van der Waals surface area contributed by atoms with E-state index < -0.39 is 11.9 Å². The Kier molecular flexibility index (Phi) is 7.32. The molecule has 5 nitrogen and oxygen atoms in total. The molecule has 1 unspecified atom stereocenters. The van der Waals surface area contributed by atoms with Crippen LogP contribution in [-0.4, -0.2) is 32.5 Å². The molecule has 0 aliphatic rings. The van der Waals surface area contributed by atoms with Gasteiger partial charge < -0.3 is 14.8 Å². The van der Waals surface area contributed by atoms with Crippen LogP contribution in [0.5, 0.6) is 5.75 Å². The maximum absolute atomic E-state index is 12.9. The number of allylic oxidation sites excluding steroid dienone is 2. The summed E-state index contributed by atoms with van der Waals surface area (Å²) in [6, 6.07) is 5.18. The molecule has 0 fully saturated rings. The maximum Gasteiger partial charge on any atom is 0.317 e. The summed E-state index contributed by atoms with van der Waals surface area (Å²) in [4.78, 5) is 25.1. The lowest BCUT2D eigenvalue weighted by atomic mass is 9.92. The average molecular weight is 319 g/mol. The van der Waals surface area contributed by atoms with Crippen molar-refractivity contribution in [2.45, 2.75) is 27.2 Å². The van der Waals surface area contributed by atoms with Gasteiger partial charge >= 0.3 is 5.97 Å². The second-order valence-electron chi connectivity index (χ2n) is 5.32. The van der Waals surface area contributed by atoms with Gasteiger partial charge in [-0.2, -0.15) is 0 Å². The van der Waals surface area contributed by atoms with Crippen molar-refractivity contribution in [1.29, 1.82) is 0 Å². The Labute approximate surface area is 137 Å². The fourth-order valence-electron chi connectivity index (χ4n) is 2.26. The molecule has 0 amide bonds. The van der Waals surface area contributed by atoms with Crippen LogP contribution in [-0.2, 0) is 9.53 Å². The fourth-order valence-corrected chi connectivity index (χ4v) is 2.26. The molecule has 0 bridgehead atoms. The Morgan fingerprint density at radius 3 is 2.52 bits per heavy atom. The lowest BCUT2D eigenvalue weighted by Crippen LogP contribution is -2.26. The molecule has 5 heteroatoms. The highest BCUT2D eigenvalue weighted by Gasteiger charge is 2.30. The van der Waals surface area contributed by atoms with Crippen molar-refractivity contribution in [3.63, 3.8) is 0 Å². The Morgan fingerprint density at radius 1 is 1.30 bits per heavy atom. The number of hydrogen-bond acceptors (Lipinski definition) is 5. The Morgan fingerprint density at radius 2 is 2.00 bits per heavy atom. The third-order valence-corrected chi connectivity index (χ3v) is 3.41. The van der Waals surface area contributed by atoms with E-state index in [1.807, 2.05) is 19.9 Å². The van der Waals surface area contributed by atoms with E-state index in [1.54, 1.807) is 32.2 Å². The quantitative estimate of drug-likeness (QED) is 0.344. The van der Waals surface area contributed by atoms with Crippen molar-refractivity contribution in [2.24, 2.45) is 5.92 Å². The van der Waals surface area contributed by atoms with Gasteiger partial charge in [0, 0.05) is 12.6 Å². The lowest BCUT2D eigenvalue weighted by Gasteiger charge is -2.17. The SMILES string of the molecule is CCOC(=O)C(CC=C(C)C)C(=O)c1cccc(OC)c1NC. The van der Waals surface area contributed by atoms with Crippen LogP contribution >= 0.6 is 0 Å². The smallest absolute Gasteiger partial charge is 0.317 e. The molecule has 0 aromatic heterocycles. The van der Waals surface area contributed by atoms with Crippen LogP contribution in [0.2, 0.25) is 0 Å². The van der Waals surface area contributed by atoms with Gasteiger partial charge in [-0.05, 0) is 39.3 Å². The first-order valence-corrected chi connectivity index (χ1v) is 7.65. The summed E-state index contributed by atoms with van der Waals surface area (Å²) in [5.41, 5.74) is 2.05. The largest absolute Gasteiger partial charge is 0.495 e. The monoisotopic (exact) mass is 319 g/mol. The minimum atomic E-state index is -0.857. The summed E-state index contributed by atoms with van der Waals surface area (Å²) < 4.78 is 10.3. The standard InChI is InChI=1S/C18H25NO4/c1-6-23-18(21)14(11-10-12(2)3)17(20)13-8-7-9-15(22-5)16(13)19-4/h7-10,14,19H,6,11H2,1-5H3. The number of ether oxygens (including phenoxy) is 2. The third-order valence-electron chi connectivity index (χ3n) is 3.41. The van der Waals surface area contributed by atoms with Crippen molar-refractivity contribution in [1.82, 2.24) is 0 Å². The molecule has 1 aromatic rings. The zero-order valence-electron chi connectivity index (χ0n) is 14.4. The number of para-hydroxylation sites is 1. The van der Waals surface area contributed by atoms with Crippen LogP contribution in [0.3, 0.4) is 0 Å². The molecule has 1 aromatic carbocycles. The number of rotatable bonds is 8. The molecule has 23 heavy (non-hydrogen) atoms. The van der Waals surface area contributed by atoms with Gasteiger partial charge in [0.2, 0.25) is 0 Å². The van der Waals surface area contributed by atoms with Crippen molar-refractivity contribution in [2.75, 3.05) is 26.1 Å². The van der Waals surface area contributed by atoms with E-state index in [4.69, 9.17) is 9.47 Å². The fraction of sp³-hybridized carbons (Fsp3) is 0.444. The summed E-state index contributed by atoms with van der Waals surface area (Å²) in [5.74, 6) is -1.07. The summed E-state index contributed by atoms with van der Waals surface area (Å²) in [7, 11) is 3.25. The highest BCUT2D eigenvalue weighted by molar-refractivity contribution is 6.12. The zero-order chi connectivity index (χ0) is 17.4. The number of carbonyl (C=O) groups is 2. The second kappa shape index (κ2) is 8.98. The van der Waals surface area contributed by atoms with E-state index in [0.29, 0.717) is 23.4 Å². The lowest BCUT2D eigenvalue weighted by molar-refractivity contribution is -0.146. The van der Waals surface area contributed by atoms with E-state index >= 15 is 0 Å². The molecular weight excluding hydrogens is 294 g/mol. The van der Waals surface area contributed by atoms with E-state index in [-0.39, 0.29) is 12.4 Å². The Balaban J connectivity index is 3.23. The predicted octanol–water partition coefficient (Wildman–Crippen LogP) is 3.46. The van der Waals surface area contributed by atoms with Gasteiger partial charge in [-0.15, -0.1) is 0 Å². The van der Waals surface area contributed by atoms with Crippen molar-refractivity contribution >= 4 is 17.4 Å². The van der Waals surface area contributed by atoms with Crippen LogP contribution in [0.25, 0.3) is 0 Å². The van der Waals surface area contributed by atoms with E-state index in [1.165, 1.54) is 7.11 Å². The first kappa shape index (κ1) is 18.7. The Hall–Kier alpha value is -2.30. The van der Waals surface area contributed by atoms with Crippen LogP contribution in [0.4, 0.5) is 5.69 Å². The van der Waals surface area contributed by atoms with Crippen LogP contribution < -0.4 is 10.1 Å². The summed E-state index contributed by atoms with van der Waals surface area (Å²) in [6.07, 6.45) is 2.19. The van der Waals surface area contributed by atoms with Gasteiger partial charge in [0.25, 0.3) is 0 Å². The third kappa shape index (κ3) is 4.84. The number of esters is 1. The van der Waals surface area contributed by atoms with Gasteiger partial charge in [-0.3, -0.25) is 9.59 Å². The minimum Gasteiger partial charge on any atom is -0.495 e. The molecule has 1 N–H and O–H groups in total. The summed E-state index contributed by atoms with van der Waals surface area (Å²) >= 11 is 0. The van der Waals surface area contributed by atoms with Gasteiger partial charge in [0.15, 0.2) is 5.78 Å². The van der Waals surface area contributed by atoms with Gasteiger partial charge in [0.1, 0.15) is 11.7 Å². The summed E-state index contributed by atoms with van der Waals surface area (Å²) in [6.45, 7) is 5.83. The number of anilines is 1. The predicted molar refractivity (Wildman–Crippen MR) is 91.0 cm³/mol. The van der Waals surface area contributed by atoms with Gasteiger partial charge in [0.05, 0.1) is 19.4 Å². The molecule has 126 valence electrons. The average Bonchev–Trinajstić information content (AvgIpc) is 2.53. The highest BCUT2D eigenvalue weighted by atomic mass is 16.5. The van der Waals surface area contributed by atoms with Crippen LogP contribution in [0.1, 0.15) is 37.6 Å². The zero-order valence-corrected chi connectivity index (χ0v) is 14.4. The van der Waals surface area contributed by atoms with Crippen molar-refractivity contribution in [3.05, 3.63) is 35.4 Å². The molecule has 0 saturated carbocycles. The number of ketones is 1. The summed E-state index contributed by atoms with van der Waals surface area (Å²) in [5, 5.41) is 2.97. The molecular formula is C18H25NO4. The molecule has 1 rings (SSSR count).